The summed E-state index contributed by atoms with van der Waals surface area (Å²) in [5.41, 5.74) is 3.44. The largest absolute Gasteiger partial charge is 0.492 e. The zero-order valence-electron chi connectivity index (χ0n) is 13.9. The molecule has 0 atom stereocenters. The van der Waals surface area contributed by atoms with Crippen LogP contribution < -0.4 is 0 Å². The molecule has 2 rings (SSSR count). The van der Waals surface area contributed by atoms with E-state index < -0.39 is 18.3 Å². The van der Waals surface area contributed by atoms with E-state index in [9.17, 15) is 5.11 Å². The summed E-state index contributed by atoms with van der Waals surface area (Å²) < 4.78 is 12.0. The Labute approximate surface area is 128 Å². The number of aliphatic hydroxyl groups excluding tert-OH is 1. The van der Waals surface area contributed by atoms with Crippen molar-refractivity contribution in [1.82, 2.24) is 0 Å². The number of aryl methyl sites for hydroxylation is 2. The van der Waals surface area contributed by atoms with Crippen molar-refractivity contribution in [3.8, 4) is 0 Å². The van der Waals surface area contributed by atoms with Crippen molar-refractivity contribution in [2.75, 3.05) is 6.61 Å². The molecule has 21 heavy (non-hydrogen) atoms. The number of rotatable bonds is 3. The second-order valence-corrected chi connectivity index (χ2v) is 6.77. The normalized spacial score (nSPS) is 20.9. The predicted molar refractivity (Wildman–Crippen MR) is 87.1 cm³/mol. The van der Waals surface area contributed by atoms with Gasteiger partial charge in [0.05, 0.1) is 17.8 Å². The Bertz CT molecular complexity index is 525. The molecule has 0 aromatic heterocycles. The second-order valence-electron chi connectivity index (χ2n) is 6.77. The van der Waals surface area contributed by atoms with Gasteiger partial charge in [-0.15, -0.1) is 0 Å². The van der Waals surface area contributed by atoms with Gasteiger partial charge in [-0.2, -0.15) is 0 Å². The van der Waals surface area contributed by atoms with E-state index in [1.54, 1.807) is 0 Å². The zero-order chi connectivity index (χ0) is 15.8. The summed E-state index contributed by atoms with van der Waals surface area (Å²) in [6.07, 6.45) is 1.99. The molecule has 0 radical (unpaired) electrons. The molecule has 0 saturated carbocycles. The Morgan fingerprint density at radius 3 is 2.00 bits per heavy atom. The van der Waals surface area contributed by atoms with E-state index in [4.69, 9.17) is 9.31 Å². The minimum Gasteiger partial charge on any atom is -0.400 e. The van der Waals surface area contributed by atoms with E-state index in [0.717, 1.165) is 11.0 Å². The first-order chi connectivity index (χ1) is 9.68. The number of aliphatic hydroxyl groups is 1. The fraction of sp³-hybridized carbons (Fsp3) is 0.529. The van der Waals surface area contributed by atoms with Gasteiger partial charge in [0.1, 0.15) is 0 Å². The molecular formula is C17H25BO3. The third-order valence-electron chi connectivity index (χ3n) is 4.61. The van der Waals surface area contributed by atoms with Gasteiger partial charge >= 0.3 is 7.12 Å². The minimum absolute atomic E-state index is 0.0788. The van der Waals surface area contributed by atoms with Crippen LogP contribution >= 0.6 is 0 Å². The van der Waals surface area contributed by atoms with Crippen LogP contribution in [0.1, 0.15) is 44.4 Å². The summed E-state index contributed by atoms with van der Waals surface area (Å²) in [4.78, 5) is 0. The molecule has 0 spiro atoms. The van der Waals surface area contributed by atoms with Crippen molar-refractivity contribution in [2.24, 2.45) is 0 Å². The van der Waals surface area contributed by atoms with Gasteiger partial charge in [-0.25, -0.2) is 0 Å². The lowest BCUT2D eigenvalue weighted by molar-refractivity contribution is 0.00578. The Kier molecular flexibility index (Phi) is 4.34. The van der Waals surface area contributed by atoms with E-state index in [1.165, 1.54) is 11.1 Å². The van der Waals surface area contributed by atoms with Gasteiger partial charge < -0.3 is 14.4 Å². The molecule has 1 saturated heterocycles. The Morgan fingerprint density at radius 1 is 1.10 bits per heavy atom. The Balaban J connectivity index is 2.36. The van der Waals surface area contributed by atoms with Gasteiger partial charge in [0, 0.05) is 0 Å². The van der Waals surface area contributed by atoms with Gasteiger partial charge in [0.15, 0.2) is 0 Å². The van der Waals surface area contributed by atoms with Crippen molar-refractivity contribution < 1.29 is 14.4 Å². The zero-order valence-corrected chi connectivity index (χ0v) is 13.9. The van der Waals surface area contributed by atoms with Gasteiger partial charge in [-0.05, 0) is 63.7 Å². The van der Waals surface area contributed by atoms with Crippen molar-refractivity contribution in [1.29, 1.82) is 0 Å². The molecule has 0 aliphatic carbocycles. The third-order valence-corrected chi connectivity index (χ3v) is 4.61. The highest BCUT2D eigenvalue weighted by molar-refractivity contribution is 6.55. The topological polar surface area (TPSA) is 38.7 Å². The predicted octanol–water partition coefficient (Wildman–Crippen LogP) is 3.31. The molecule has 1 aliphatic rings. The standard InChI is InChI=1S/C17H25BO3/c1-12-8-7-9-13(2)15(12)10-14(11-19)18-20-16(3,4)17(5,6)21-18/h7-10,19H,11H2,1-6H3. The molecular weight excluding hydrogens is 263 g/mol. The maximum Gasteiger partial charge on any atom is 0.492 e. The summed E-state index contributed by atoms with van der Waals surface area (Å²) in [6, 6.07) is 6.17. The van der Waals surface area contributed by atoms with E-state index in [0.29, 0.717) is 0 Å². The van der Waals surface area contributed by atoms with Crippen molar-refractivity contribution in [2.45, 2.75) is 52.7 Å². The van der Waals surface area contributed by atoms with Crippen LogP contribution in [0, 0.1) is 13.8 Å². The van der Waals surface area contributed by atoms with E-state index in [-0.39, 0.29) is 6.61 Å². The first kappa shape index (κ1) is 16.3. The van der Waals surface area contributed by atoms with Crippen LogP contribution in [0.15, 0.2) is 23.7 Å². The SMILES string of the molecule is Cc1cccc(C)c1C=C(CO)B1OC(C)(C)C(C)(C)O1. The Hall–Kier alpha value is -1.10. The van der Waals surface area contributed by atoms with Gasteiger partial charge in [0.25, 0.3) is 0 Å². The molecule has 4 heteroatoms. The highest BCUT2D eigenvalue weighted by atomic mass is 16.7. The van der Waals surface area contributed by atoms with Crippen molar-refractivity contribution in [3.63, 3.8) is 0 Å². The fourth-order valence-corrected chi connectivity index (χ4v) is 2.42. The van der Waals surface area contributed by atoms with Crippen molar-refractivity contribution >= 4 is 13.2 Å². The smallest absolute Gasteiger partial charge is 0.400 e. The molecule has 3 nitrogen and oxygen atoms in total. The van der Waals surface area contributed by atoms with Crippen molar-refractivity contribution in [3.05, 3.63) is 40.4 Å². The van der Waals surface area contributed by atoms with Gasteiger partial charge in [0.2, 0.25) is 0 Å². The minimum atomic E-state index is -0.501. The number of hydrogen-bond donors (Lipinski definition) is 1. The maximum absolute atomic E-state index is 9.74. The molecule has 0 amide bonds. The second kappa shape index (κ2) is 5.60. The van der Waals surface area contributed by atoms with E-state index in [1.807, 2.05) is 39.8 Å². The van der Waals surface area contributed by atoms with Gasteiger partial charge in [-0.1, -0.05) is 24.3 Å². The van der Waals surface area contributed by atoms with Crippen LogP contribution in [-0.4, -0.2) is 30.0 Å². The summed E-state index contributed by atoms with van der Waals surface area (Å²) in [7, 11) is -0.501. The molecule has 1 aromatic carbocycles. The molecule has 1 aliphatic heterocycles. The molecule has 1 fully saturated rings. The van der Waals surface area contributed by atoms with E-state index >= 15 is 0 Å². The molecule has 1 N–H and O–H groups in total. The first-order valence-corrected chi connectivity index (χ1v) is 7.41. The van der Waals surface area contributed by atoms with Crippen LogP contribution in [0.2, 0.25) is 0 Å². The van der Waals surface area contributed by atoms with Crippen LogP contribution in [-0.2, 0) is 9.31 Å². The molecule has 0 bridgehead atoms. The van der Waals surface area contributed by atoms with Crippen LogP contribution in [0.3, 0.4) is 0 Å². The summed E-state index contributed by atoms with van der Waals surface area (Å²) in [5, 5.41) is 9.74. The number of benzene rings is 1. The summed E-state index contributed by atoms with van der Waals surface area (Å²) in [5.74, 6) is 0. The average Bonchev–Trinajstić information content (AvgIpc) is 2.58. The molecule has 114 valence electrons. The lowest BCUT2D eigenvalue weighted by Crippen LogP contribution is -2.41. The fourth-order valence-electron chi connectivity index (χ4n) is 2.42. The first-order valence-electron chi connectivity index (χ1n) is 7.41. The molecule has 0 unspecified atom stereocenters. The maximum atomic E-state index is 9.74. The monoisotopic (exact) mass is 288 g/mol. The quantitative estimate of drug-likeness (QED) is 0.867. The molecule has 1 aromatic rings. The lowest BCUT2D eigenvalue weighted by Gasteiger charge is -2.32. The highest BCUT2D eigenvalue weighted by Gasteiger charge is 2.52. The summed E-state index contributed by atoms with van der Waals surface area (Å²) in [6.45, 7) is 12.1. The molecule has 1 heterocycles. The van der Waals surface area contributed by atoms with Crippen LogP contribution in [0.25, 0.3) is 6.08 Å². The van der Waals surface area contributed by atoms with Crippen LogP contribution in [0.5, 0.6) is 0 Å². The summed E-state index contributed by atoms with van der Waals surface area (Å²) >= 11 is 0. The van der Waals surface area contributed by atoms with Gasteiger partial charge in [-0.3, -0.25) is 0 Å². The Morgan fingerprint density at radius 2 is 1.57 bits per heavy atom. The third kappa shape index (κ3) is 3.08. The highest BCUT2D eigenvalue weighted by Crippen LogP contribution is 2.38. The van der Waals surface area contributed by atoms with Crippen LogP contribution in [0.4, 0.5) is 0 Å². The van der Waals surface area contributed by atoms with E-state index in [2.05, 4.69) is 26.0 Å². The lowest BCUT2D eigenvalue weighted by atomic mass is 9.77. The number of hydrogen-bond acceptors (Lipinski definition) is 3. The average molecular weight is 288 g/mol.